The highest BCUT2D eigenvalue weighted by Gasteiger charge is 2.28. The predicted molar refractivity (Wildman–Crippen MR) is 76.7 cm³/mol. The van der Waals surface area contributed by atoms with E-state index in [0.29, 0.717) is 21.2 Å². The Morgan fingerprint density at radius 1 is 1.15 bits per heavy atom. The monoisotopic (exact) mass is 419 g/mol. The lowest BCUT2D eigenvalue weighted by Gasteiger charge is -2.13. The van der Waals surface area contributed by atoms with Crippen molar-refractivity contribution in [2.45, 2.75) is 19.8 Å². The second kappa shape index (κ2) is 8.21. The minimum atomic E-state index is -4.63. The van der Waals surface area contributed by atoms with Gasteiger partial charge >= 0.3 is 6.36 Å². The van der Waals surface area contributed by atoms with Crippen molar-refractivity contribution in [3.8, 4) is 5.75 Å². The van der Waals surface area contributed by atoms with Gasteiger partial charge in [0.15, 0.2) is 0 Å². The Morgan fingerprint density at radius 2 is 1.75 bits per heavy atom. The maximum absolute atomic E-state index is 11.8. The van der Waals surface area contributed by atoms with E-state index in [1.807, 2.05) is 19.1 Å². The molecule has 0 unspecified atom stereocenters. The van der Waals surface area contributed by atoms with E-state index >= 15 is 0 Å². The number of halogens is 5. The molecule has 1 N–H and O–H groups in total. The molecule has 1 aromatic carbocycles. The van der Waals surface area contributed by atoms with Crippen LogP contribution in [0.3, 0.4) is 0 Å². The zero-order chi connectivity index (χ0) is 15.2. The number of alkyl halides is 3. The molecule has 0 radical (unpaired) electrons. The molecule has 0 heterocycles. The van der Waals surface area contributed by atoms with Gasteiger partial charge in [0.2, 0.25) is 0 Å². The van der Waals surface area contributed by atoms with Gasteiger partial charge in [0.05, 0.1) is 15.6 Å². The van der Waals surface area contributed by atoms with Gasteiger partial charge in [0.25, 0.3) is 0 Å². The van der Waals surface area contributed by atoms with Gasteiger partial charge in [-0.1, -0.05) is 6.92 Å². The lowest BCUT2D eigenvalue weighted by atomic mass is 10.2. The summed E-state index contributed by atoms with van der Waals surface area (Å²) in [5.74, 6) is 0.455. The van der Waals surface area contributed by atoms with Crippen molar-refractivity contribution in [1.29, 1.82) is 0 Å². The Labute approximate surface area is 132 Å². The summed E-state index contributed by atoms with van der Waals surface area (Å²) in [5.41, 5.74) is 1.03. The van der Waals surface area contributed by atoms with E-state index in [-0.39, 0.29) is 6.61 Å². The van der Waals surface area contributed by atoms with Crippen molar-refractivity contribution < 1.29 is 22.6 Å². The maximum atomic E-state index is 11.8. The molecule has 0 atom stereocenters. The van der Waals surface area contributed by atoms with Crippen LogP contribution in [0.4, 0.5) is 13.2 Å². The molecular weight excluding hydrogens is 407 g/mol. The van der Waals surface area contributed by atoms with Gasteiger partial charge in [0.1, 0.15) is 12.4 Å². The van der Waals surface area contributed by atoms with Crippen molar-refractivity contribution in [3.05, 3.63) is 26.6 Å². The van der Waals surface area contributed by atoms with Crippen molar-refractivity contribution >= 4 is 31.9 Å². The average molecular weight is 421 g/mol. The van der Waals surface area contributed by atoms with Crippen LogP contribution in [0.5, 0.6) is 5.75 Å². The molecular formula is C12H14Br2F3NO2. The third-order valence-electron chi connectivity index (χ3n) is 2.23. The second-order valence-corrected chi connectivity index (χ2v) is 5.52. The van der Waals surface area contributed by atoms with Crippen LogP contribution in [0, 0.1) is 0 Å². The third-order valence-corrected chi connectivity index (χ3v) is 3.41. The summed E-state index contributed by atoms with van der Waals surface area (Å²) < 4.78 is 45.7. The summed E-state index contributed by atoms with van der Waals surface area (Å²) in [7, 11) is 0. The summed E-state index contributed by atoms with van der Waals surface area (Å²) in [6.45, 7) is 2.81. The molecule has 8 heteroatoms. The Bertz CT molecular complexity index is 418. The maximum Gasteiger partial charge on any atom is 0.522 e. The zero-order valence-electron chi connectivity index (χ0n) is 10.7. The quantitative estimate of drug-likeness (QED) is 0.669. The number of rotatable bonds is 7. The highest BCUT2D eigenvalue weighted by molar-refractivity contribution is 9.11. The summed E-state index contributed by atoms with van der Waals surface area (Å²) in [6, 6.07) is 3.71. The average Bonchev–Trinajstić information content (AvgIpc) is 2.33. The largest absolute Gasteiger partial charge is 0.522 e. The molecule has 0 fully saturated rings. The van der Waals surface area contributed by atoms with Gasteiger partial charge in [-0.3, -0.25) is 4.74 Å². The number of benzene rings is 1. The molecule has 20 heavy (non-hydrogen) atoms. The van der Waals surface area contributed by atoms with E-state index < -0.39 is 13.0 Å². The molecule has 1 rings (SSSR count). The standard InChI is InChI=1S/C12H14Br2F3NO2/c1-2-18-7-8-5-9(13)11(10(14)6-8)19-3-4-20-12(15,16)17/h5-6,18H,2-4,7H2,1H3. The molecule has 3 nitrogen and oxygen atoms in total. The molecule has 0 aliphatic rings. The first-order chi connectivity index (χ1) is 9.33. The lowest BCUT2D eigenvalue weighted by molar-refractivity contribution is -0.325. The van der Waals surface area contributed by atoms with Crippen LogP contribution in [-0.2, 0) is 11.3 Å². The van der Waals surface area contributed by atoms with Crippen molar-refractivity contribution in [1.82, 2.24) is 5.32 Å². The van der Waals surface area contributed by atoms with E-state index in [0.717, 1.165) is 12.1 Å². The van der Waals surface area contributed by atoms with Crippen LogP contribution >= 0.6 is 31.9 Å². The van der Waals surface area contributed by atoms with E-state index in [2.05, 4.69) is 41.9 Å². The van der Waals surface area contributed by atoms with Crippen molar-refractivity contribution in [2.24, 2.45) is 0 Å². The smallest absolute Gasteiger partial charge is 0.489 e. The van der Waals surface area contributed by atoms with Crippen molar-refractivity contribution in [2.75, 3.05) is 19.8 Å². The summed E-state index contributed by atoms with van der Waals surface area (Å²) >= 11 is 6.67. The molecule has 114 valence electrons. The first kappa shape index (κ1) is 17.7. The molecule has 0 bridgehead atoms. The van der Waals surface area contributed by atoms with Crippen LogP contribution in [0.2, 0.25) is 0 Å². The normalized spacial score (nSPS) is 11.7. The molecule has 0 aliphatic heterocycles. The highest BCUT2D eigenvalue weighted by Crippen LogP contribution is 2.34. The lowest BCUT2D eigenvalue weighted by Crippen LogP contribution is -2.18. The van der Waals surface area contributed by atoms with E-state index in [1.54, 1.807) is 0 Å². The zero-order valence-corrected chi connectivity index (χ0v) is 13.9. The summed E-state index contributed by atoms with van der Waals surface area (Å²) in [5, 5.41) is 3.18. The van der Waals surface area contributed by atoms with E-state index in [4.69, 9.17) is 4.74 Å². The number of nitrogens with one attached hydrogen (secondary N) is 1. The summed E-state index contributed by atoms with van der Waals surface area (Å²) in [4.78, 5) is 0. The van der Waals surface area contributed by atoms with Crippen LogP contribution in [-0.4, -0.2) is 26.1 Å². The topological polar surface area (TPSA) is 30.5 Å². The van der Waals surface area contributed by atoms with E-state index in [1.165, 1.54) is 0 Å². The SMILES string of the molecule is CCNCc1cc(Br)c(OCCOC(F)(F)F)c(Br)c1. The molecule has 0 saturated heterocycles. The Kier molecular flexibility index (Phi) is 7.28. The van der Waals surface area contributed by atoms with Crippen molar-refractivity contribution in [3.63, 3.8) is 0 Å². The predicted octanol–water partition coefficient (Wildman–Crippen LogP) is 4.24. The molecule has 0 aliphatic carbocycles. The Balaban J connectivity index is 2.58. The number of ether oxygens (including phenoxy) is 2. The number of hydrogen-bond acceptors (Lipinski definition) is 3. The van der Waals surface area contributed by atoms with Gasteiger partial charge < -0.3 is 10.1 Å². The third kappa shape index (κ3) is 6.43. The van der Waals surface area contributed by atoms with Crippen LogP contribution in [0.15, 0.2) is 21.1 Å². The van der Waals surface area contributed by atoms with Gasteiger partial charge in [-0.15, -0.1) is 13.2 Å². The Hall–Kier alpha value is -0.310. The first-order valence-electron chi connectivity index (χ1n) is 5.85. The minimum Gasteiger partial charge on any atom is -0.489 e. The summed E-state index contributed by atoms with van der Waals surface area (Å²) in [6.07, 6.45) is -4.63. The molecule has 0 spiro atoms. The van der Waals surface area contributed by atoms with Crippen LogP contribution in [0.25, 0.3) is 0 Å². The fourth-order valence-electron chi connectivity index (χ4n) is 1.42. The number of hydrogen-bond donors (Lipinski definition) is 1. The second-order valence-electron chi connectivity index (χ2n) is 3.81. The van der Waals surface area contributed by atoms with Gasteiger partial charge in [0, 0.05) is 6.54 Å². The van der Waals surface area contributed by atoms with Gasteiger partial charge in [-0.05, 0) is 56.1 Å². The fraction of sp³-hybridized carbons (Fsp3) is 0.500. The Morgan fingerprint density at radius 3 is 2.25 bits per heavy atom. The van der Waals surface area contributed by atoms with Gasteiger partial charge in [-0.25, -0.2) is 0 Å². The van der Waals surface area contributed by atoms with E-state index in [9.17, 15) is 13.2 Å². The molecule has 0 saturated carbocycles. The van der Waals surface area contributed by atoms with Crippen LogP contribution in [0.1, 0.15) is 12.5 Å². The first-order valence-corrected chi connectivity index (χ1v) is 7.44. The molecule has 1 aromatic rings. The molecule has 0 amide bonds. The van der Waals surface area contributed by atoms with Gasteiger partial charge in [-0.2, -0.15) is 0 Å². The fourth-order valence-corrected chi connectivity index (χ4v) is 2.93. The minimum absolute atomic E-state index is 0.191. The highest BCUT2D eigenvalue weighted by atomic mass is 79.9. The molecule has 0 aromatic heterocycles. The van der Waals surface area contributed by atoms with Crippen LogP contribution < -0.4 is 10.1 Å².